The normalized spacial score (nSPS) is 10.9. The minimum Gasteiger partial charge on any atom is -0.475 e. The van der Waals surface area contributed by atoms with Gasteiger partial charge >= 0.3 is 5.97 Å². The Morgan fingerprint density at radius 2 is 2.14 bits per heavy atom. The summed E-state index contributed by atoms with van der Waals surface area (Å²) in [5.41, 5.74) is 0. The Balaban J connectivity index is 3.02. The zero-order valence-corrected chi connectivity index (χ0v) is 9.80. The van der Waals surface area contributed by atoms with Crippen LogP contribution >= 0.6 is 15.9 Å². The number of carbonyl (C=O) groups is 1. The Hall–Kier alpha value is -0.770. The number of rotatable bonds is 4. The van der Waals surface area contributed by atoms with Crippen molar-refractivity contribution in [1.82, 2.24) is 0 Å². The fourth-order valence-corrected chi connectivity index (χ4v) is 2.04. The van der Waals surface area contributed by atoms with Gasteiger partial charge in [0.2, 0.25) is 5.76 Å². The van der Waals surface area contributed by atoms with Crippen LogP contribution in [0, 0.1) is 0 Å². The number of carboxylic acid groups (broad SMARTS) is 1. The lowest BCUT2D eigenvalue weighted by atomic mass is 10.0. The van der Waals surface area contributed by atoms with E-state index in [0.29, 0.717) is 0 Å². The maximum atomic E-state index is 10.7. The molecule has 0 bridgehead atoms. The van der Waals surface area contributed by atoms with Crippen molar-refractivity contribution in [3.8, 4) is 0 Å². The first kappa shape index (κ1) is 11.3. The summed E-state index contributed by atoms with van der Waals surface area (Å²) in [6.45, 7) is 4.12. The monoisotopic (exact) mass is 260 g/mol. The highest BCUT2D eigenvalue weighted by Gasteiger charge is 2.19. The van der Waals surface area contributed by atoms with Gasteiger partial charge in [-0.1, -0.05) is 13.8 Å². The summed E-state index contributed by atoms with van der Waals surface area (Å²) in [6.07, 6.45) is 1.89. The number of hydrogen-bond acceptors (Lipinski definition) is 2. The van der Waals surface area contributed by atoms with E-state index in [1.807, 2.05) is 0 Å². The quantitative estimate of drug-likeness (QED) is 0.900. The Labute approximate surface area is 91.2 Å². The van der Waals surface area contributed by atoms with Gasteiger partial charge in [-0.3, -0.25) is 0 Å². The summed E-state index contributed by atoms with van der Waals surface area (Å²) in [4.78, 5) is 10.7. The molecule has 14 heavy (non-hydrogen) atoms. The first-order valence-corrected chi connectivity index (χ1v) is 5.41. The van der Waals surface area contributed by atoms with Gasteiger partial charge in [0.15, 0.2) is 0 Å². The van der Waals surface area contributed by atoms with Crippen LogP contribution in [0.4, 0.5) is 0 Å². The van der Waals surface area contributed by atoms with E-state index >= 15 is 0 Å². The number of carboxylic acids is 1. The molecule has 1 rings (SSSR count). The molecule has 3 nitrogen and oxygen atoms in total. The van der Waals surface area contributed by atoms with Crippen molar-refractivity contribution in [2.24, 2.45) is 0 Å². The lowest BCUT2D eigenvalue weighted by molar-refractivity contribution is 0.0659. The topological polar surface area (TPSA) is 50.4 Å². The van der Waals surface area contributed by atoms with E-state index in [2.05, 4.69) is 29.8 Å². The van der Waals surface area contributed by atoms with E-state index in [-0.39, 0.29) is 11.7 Å². The van der Waals surface area contributed by atoms with Crippen molar-refractivity contribution in [3.05, 3.63) is 22.1 Å². The summed E-state index contributed by atoms with van der Waals surface area (Å²) in [6, 6.07) is 1.51. The first-order chi connectivity index (χ1) is 6.60. The van der Waals surface area contributed by atoms with Gasteiger partial charge in [0, 0.05) is 12.0 Å². The minimum atomic E-state index is -1.03. The van der Waals surface area contributed by atoms with Crippen molar-refractivity contribution >= 4 is 21.9 Å². The summed E-state index contributed by atoms with van der Waals surface area (Å²) < 4.78 is 6.03. The molecule has 0 radical (unpaired) electrons. The molecule has 1 heterocycles. The van der Waals surface area contributed by atoms with Crippen molar-refractivity contribution in [2.75, 3.05) is 0 Å². The zero-order chi connectivity index (χ0) is 10.7. The van der Waals surface area contributed by atoms with Gasteiger partial charge in [0.05, 0.1) is 4.47 Å². The summed E-state index contributed by atoms with van der Waals surface area (Å²) >= 11 is 3.31. The molecule has 1 N–H and O–H groups in total. The second-order valence-electron chi connectivity index (χ2n) is 3.14. The predicted octanol–water partition coefficient (Wildman–Crippen LogP) is 3.64. The van der Waals surface area contributed by atoms with E-state index in [0.717, 1.165) is 23.1 Å². The maximum absolute atomic E-state index is 10.7. The zero-order valence-electron chi connectivity index (χ0n) is 8.21. The van der Waals surface area contributed by atoms with Crippen LogP contribution in [-0.4, -0.2) is 11.1 Å². The van der Waals surface area contributed by atoms with Crippen LogP contribution in [0.3, 0.4) is 0 Å². The summed E-state index contributed by atoms with van der Waals surface area (Å²) in [5.74, 6) is 0.00607. The minimum absolute atomic E-state index is 0.00113. The Kier molecular flexibility index (Phi) is 3.75. The molecule has 0 aliphatic carbocycles. The van der Waals surface area contributed by atoms with Crippen molar-refractivity contribution < 1.29 is 14.3 Å². The largest absolute Gasteiger partial charge is 0.475 e. The summed E-state index contributed by atoms with van der Waals surface area (Å²) in [5, 5.41) is 8.74. The van der Waals surface area contributed by atoms with Crippen LogP contribution < -0.4 is 0 Å². The second kappa shape index (κ2) is 4.64. The van der Waals surface area contributed by atoms with Gasteiger partial charge < -0.3 is 9.52 Å². The molecular formula is C10H13BrO3. The predicted molar refractivity (Wildman–Crippen MR) is 56.7 cm³/mol. The van der Waals surface area contributed by atoms with E-state index in [4.69, 9.17) is 9.52 Å². The molecule has 0 saturated heterocycles. The average Bonchev–Trinajstić information content (AvgIpc) is 2.51. The molecule has 0 unspecified atom stereocenters. The average molecular weight is 261 g/mol. The molecule has 4 heteroatoms. The van der Waals surface area contributed by atoms with Crippen LogP contribution in [0.25, 0.3) is 0 Å². The van der Waals surface area contributed by atoms with E-state index in [1.165, 1.54) is 6.07 Å². The van der Waals surface area contributed by atoms with Crippen molar-refractivity contribution in [1.29, 1.82) is 0 Å². The molecular weight excluding hydrogens is 248 g/mol. The Bertz CT molecular complexity index is 326. The molecule has 0 atom stereocenters. The molecule has 0 aromatic carbocycles. The van der Waals surface area contributed by atoms with Crippen molar-refractivity contribution in [2.45, 2.75) is 32.6 Å². The lowest BCUT2D eigenvalue weighted by Crippen LogP contribution is -1.95. The maximum Gasteiger partial charge on any atom is 0.371 e. The molecule has 78 valence electrons. The van der Waals surface area contributed by atoms with Crippen LogP contribution in [-0.2, 0) is 0 Å². The molecule has 0 amide bonds. The van der Waals surface area contributed by atoms with Gasteiger partial charge in [-0.15, -0.1) is 0 Å². The number of hydrogen-bond donors (Lipinski definition) is 1. The Morgan fingerprint density at radius 3 is 2.50 bits per heavy atom. The molecule has 0 saturated carbocycles. The van der Waals surface area contributed by atoms with Gasteiger partial charge in [-0.25, -0.2) is 4.79 Å². The van der Waals surface area contributed by atoms with Crippen LogP contribution in [0.5, 0.6) is 0 Å². The SMILES string of the molecule is CCC(CC)c1oc(C(=O)O)cc1Br. The number of aromatic carboxylic acids is 1. The number of halogens is 1. The van der Waals surface area contributed by atoms with Crippen LogP contribution in [0.2, 0.25) is 0 Å². The highest BCUT2D eigenvalue weighted by molar-refractivity contribution is 9.10. The highest BCUT2D eigenvalue weighted by Crippen LogP contribution is 2.32. The molecule has 0 fully saturated rings. The Morgan fingerprint density at radius 1 is 1.57 bits per heavy atom. The second-order valence-corrected chi connectivity index (χ2v) is 4.00. The molecule has 0 aliphatic heterocycles. The third-order valence-corrected chi connectivity index (χ3v) is 2.90. The van der Waals surface area contributed by atoms with E-state index < -0.39 is 5.97 Å². The van der Waals surface area contributed by atoms with Crippen LogP contribution in [0.1, 0.15) is 48.9 Å². The fourth-order valence-electron chi connectivity index (χ4n) is 1.43. The summed E-state index contributed by atoms with van der Waals surface area (Å²) in [7, 11) is 0. The van der Waals surface area contributed by atoms with Gasteiger partial charge in [0.25, 0.3) is 0 Å². The standard InChI is InChI=1S/C10H13BrO3/c1-3-6(4-2)9-7(11)5-8(14-9)10(12)13/h5-6H,3-4H2,1-2H3,(H,12,13). The molecule has 0 aliphatic rings. The smallest absolute Gasteiger partial charge is 0.371 e. The van der Waals surface area contributed by atoms with Crippen LogP contribution in [0.15, 0.2) is 15.0 Å². The highest BCUT2D eigenvalue weighted by atomic mass is 79.9. The fraction of sp³-hybridized carbons (Fsp3) is 0.500. The third kappa shape index (κ3) is 2.18. The van der Waals surface area contributed by atoms with Gasteiger partial charge in [-0.05, 0) is 28.8 Å². The third-order valence-electron chi connectivity index (χ3n) is 2.28. The van der Waals surface area contributed by atoms with E-state index in [9.17, 15) is 4.79 Å². The molecule has 0 spiro atoms. The number of furan rings is 1. The van der Waals surface area contributed by atoms with Gasteiger partial charge in [0.1, 0.15) is 5.76 Å². The first-order valence-electron chi connectivity index (χ1n) is 4.62. The van der Waals surface area contributed by atoms with Crippen molar-refractivity contribution in [3.63, 3.8) is 0 Å². The lowest BCUT2D eigenvalue weighted by Gasteiger charge is -2.08. The van der Waals surface area contributed by atoms with E-state index in [1.54, 1.807) is 0 Å². The van der Waals surface area contributed by atoms with Gasteiger partial charge in [-0.2, -0.15) is 0 Å². The molecule has 1 aromatic rings. The molecule has 1 aromatic heterocycles.